The van der Waals surface area contributed by atoms with E-state index in [2.05, 4.69) is 15.6 Å². The van der Waals surface area contributed by atoms with Gasteiger partial charge in [-0.15, -0.1) is 0 Å². The van der Waals surface area contributed by atoms with E-state index in [-0.39, 0.29) is 17.5 Å². The quantitative estimate of drug-likeness (QED) is 0.657. The summed E-state index contributed by atoms with van der Waals surface area (Å²) in [5.74, 6) is -0.162. The van der Waals surface area contributed by atoms with Crippen molar-refractivity contribution in [3.05, 3.63) is 58.6 Å². The number of rotatable bonds is 6. The van der Waals surface area contributed by atoms with Crippen molar-refractivity contribution in [3.8, 4) is 17.3 Å². The van der Waals surface area contributed by atoms with Crippen molar-refractivity contribution in [3.63, 3.8) is 0 Å². The first kappa shape index (κ1) is 19.6. The molecule has 0 radical (unpaired) electrons. The van der Waals surface area contributed by atoms with Crippen LogP contribution in [-0.2, 0) is 0 Å². The van der Waals surface area contributed by atoms with Crippen LogP contribution < -0.4 is 5.32 Å². The van der Waals surface area contributed by atoms with Gasteiger partial charge in [-0.1, -0.05) is 22.8 Å². The number of nitriles is 1. The van der Waals surface area contributed by atoms with E-state index in [9.17, 15) is 9.90 Å². The molecule has 2 N–H and O–H groups in total. The Morgan fingerprint density at radius 1 is 1.39 bits per heavy atom. The Morgan fingerprint density at radius 2 is 2.18 bits per heavy atom. The third-order valence-corrected chi connectivity index (χ3v) is 4.49. The van der Waals surface area contributed by atoms with E-state index < -0.39 is 12.0 Å². The molecule has 0 saturated heterocycles. The molecule has 1 aromatic carbocycles. The van der Waals surface area contributed by atoms with Crippen LogP contribution in [0.4, 0.5) is 0 Å². The van der Waals surface area contributed by atoms with Gasteiger partial charge in [-0.25, -0.2) is 0 Å². The van der Waals surface area contributed by atoms with E-state index in [0.717, 1.165) is 5.56 Å². The number of aromatic nitrogens is 3. The summed E-state index contributed by atoms with van der Waals surface area (Å²) < 4.78 is 6.64. The molecule has 8 nitrogen and oxygen atoms in total. The molecule has 0 fully saturated rings. The Morgan fingerprint density at radius 3 is 2.82 bits per heavy atom. The fourth-order valence-electron chi connectivity index (χ4n) is 2.52. The van der Waals surface area contributed by atoms with Gasteiger partial charge in [0.25, 0.3) is 5.91 Å². The van der Waals surface area contributed by atoms with Gasteiger partial charge in [-0.3, -0.25) is 9.48 Å². The highest BCUT2D eigenvalue weighted by Crippen LogP contribution is 2.24. The predicted molar refractivity (Wildman–Crippen MR) is 102 cm³/mol. The molecule has 0 saturated carbocycles. The number of carbonyl (C=O) groups is 1. The highest BCUT2D eigenvalue weighted by atomic mass is 35.5. The summed E-state index contributed by atoms with van der Waals surface area (Å²) in [6.45, 7) is 3.76. The Labute approximate surface area is 166 Å². The average Bonchev–Trinajstić information content (AvgIpc) is 3.35. The van der Waals surface area contributed by atoms with Gasteiger partial charge in [-0.2, -0.15) is 10.4 Å². The number of nitrogens with zero attached hydrogens (tertiary/aromatic N) is 4. The first-order valence-corrected chi connectivity index (χ1v) is 8.95. The number of aliphatic hydroxyl groups excluding tert-OH is 1. The maximum atomic E-state index is 12.2. The van der Waals surface area contributed by atoms with Crippen molar-refractivity contribution in [1.29, 1.82) is 5.26 Å². The van der Waals surface area contributed by atoms with Crippen molar-refractivity contribution in [2.24, 2.45) is 0 Å². The Hall–Kier alpha value is -3.15. The molecule has 2 aromatic heterocycles. The second kappa shape index (κ2) is 8.25. The van der Waals surface area contributed by atoms with Crippen LogP contribution in [0.3, 0.4) is 0 Å². The van der Waals surface area contributed by atoms with Crippen molar-refractivity contribution in [2.45, 2.75) is 26.0 Å². The van der Waals surface area contributed by atoms with Crippen molar-refractivity contribution in [1.82, 2.24) is 20.3 Å². The fourth-order valence-corrected chi connectivity index (χ4v) is 2.74. The summed E-state index contributed by atoms with van der Waals surface area (Å²) in [5.41, 5.74) is 2.03. The smallest absolute Gasteiger partial charge is 0.273 e. The van der Waals surface area contributed by atoms with Gasteiger partial charge in [0.1, 0.15) is 12.2 Å². The third-order valence-electron chi connectivity index (χ3n) is 4.18. The molecule has 1 amide bonds. The molecule has 144 valence electrons. The summed E-state index contributed by atoms with van der Waals surface area (Å²) in [6, 6.07) is 10.3. The molecule has 2 heterocycles. The molecule has 3 aromatic rings. The van der Waals surface area contributed by atoms with E-state index in [1.165, 1.54) is 13.0 Å². The molecule has 0 aliphatic rings. The van der Waals surface area contributed by atoms with Gasteiger partial charge in [0.05, 0.1) is 22.3 Å². The lowest BCUT2D eigenvalue weighted by Crippen LogP contribution is -2.30. The zero-order valence-electron chi connectivity index (χ0n) is 15.3. The van der Waals surface area contributed by atoms with Gasteiger partial charge < -0.3 is 14.9 Å². The summed E-state index contributed by atoms with van der Waals surface area (Å²) in [4.78, 5) is 12.2. The van der Waals surface area contributed by atoms with Gasteiger partial charge in [-0.05, 0) is 32.0 Å². The number of amides is 1. The molecule has 0 aliphatic heterocycles. The van der Waals surface area contributed by atoms with E-state index in [1.54, 1.807) is 29.1 Å². The minimum absolute atomic E-state index is 0.108. The molecular formula is C19H18ClN5O3. The van der Waals surface area contributed by atoms with Crippen LogP contribution in [0.25, 0.3) is 11.3 Å². The van der Waals surface area contributed by atoms with Crippen LogP contribution in [0.15, 0.2) is 41.1 Å². The fraction of sp³-hybridized carbons (Fsp3) is 0.263. The standard InChI is InChI=1S/C19H18ClN5O3/c1-11(10-22-19(27)17-8-18(12(2)26)28-24-17)25-6-5-16(23-25)13-3-4-14(9-21)15(20)7-13/h3-8,11-12,26H,10H2,1-2H3,(H,22,27)/t11?,12-/m0/s1. The number of carbonyl (C=O) groups excluding carboxylic acids is 1. The van der Waals surface area contributed by atoms with Crippen molar-refractivity contribution >= 4 is 17.5 Å². The predicted octanol–water partition coefficient (Wildman–Crippen LogP) is 3.11. The highest BCUT2D eigenvalue weighted by Gasteiger charge is 2.16. The highest BCUT2D eigenvalue weighted by molar-refractivity contribution is 6.32. The molecule has 0 spiro atoms. The van der Waals surface area contributed by atoms with Crippen LogP contribution in [0.2, 0.25) is 5.02 Å². The van der Waals surface area contributed by atoms with E-state index in [1.807, 2.05) is 19.1 Å². The topological polar surface area (TPSA) is 117 Å². The lowest BCUT2D eigenvalue weighted by atomic mass is 10.1. The zero-order chi connectivity index (χ0) is 20.3. The normalized spacial score (nSPS) is 13.0. The summed E-state index contributed by atoms with van der Waals surface area (Å²) in [6.07, 6.45) is 0.978. The Balaban J connectivity index is 1.64. The SMILES string of the molecule is CC(CNC(=O)c1cc([C@H](C)O)on1)n1ccc(-c2ccc(C#N)c(Cl)c2)n1. The van der Waals surface area contributed by atoms with Crippen LogP contribution in [0.1, 0.15) is 47.8 Å². The molecule has 0 bridgehead atoms. The van der Waals surface area contributed by atoms with Crippen molar-refractivity contribution < 1.29 is 14.4 Å². The first-order valence-electron chi connectivity index (χ1n) is 8.57. The van der Waals surface area contributed by atoms with Gasteiger partial charge >= 0.3 is 0 Å². The lowest BCUT2D eigenvalue weighted by Gasteiger charge is -2.12. The molecule has 1 unspecified atom stereocenters. The number of halogens is 1. The number of hydrogen-bond acceptors (Lipinski definition) is 6. The zero-order valence-corrected chi connectivity index (χ0v) is 16.0. The average molecular weight is 400 g/mol. The summed E-state index contributed by atoms with van der Waals surface area (Å²) in [5, 5.41) is 29.7. The van der Waals surface area contributed by atoms with E-state index >= 15 is 0 Å². The van der Waals surface area contributed by atoms with Crippen molar-refractivity contribution in [2.75, 3.05) is 6.54 Å². The van der Waals surface area contributed by atoms with Crippen LogP contribution in [-0.4, -0.2) is 32.5 Å². The maximum absolute atomic E-state index is 12.2. The van der Waals surface area contributed by atoms with Gasteiger partial charge in [0.2, 0.25) is 0 Å². The first-order chi connectivity index (χ1) is 13.4. The Kier molecular flexibility index (Phi) is 5.78. The Bertz CT molecular complexity index is 1030. The number of aliphatic hydroxyl groups is 1. The molecule has 3 rings (SSSR count). The second-order valence-electron chi connectivity index (χ2n) is 6.34. The van der Waals surface area contributed by atoms with Crippen LogP contribution in [0.5, 0.6) is 0 Å². The maximum Gasteiger partial charge on any atom is 0.273 e. The molecule has 9 heteroatoms. The monoisotopic (exact) mass is 399 g/mol. The number of nitrogens with one attached hydrogen (secondary N) is 1. The third kappa shape index (κ3) is 4.22. The molecular weight excluding hydrogens is 382 g/mol. The van der Waals surface area contributed by atoms with E-state index in [4.69, 9.17) is 21.4 Å². The minimum atomic E-state index is -0.828. The number of hydrogen-bond donors (Lipinski definition) is 2. The largest absolute Gasteiger partial charge is 0.385 e. The van der Waals surface area contributed by atoms with Crippen LogP contribution >= 0.6 is 11.6 Å². The lowest BCUT2D eigenvalue weighted by molar-refractivity contribution is 0.0937. The second-order valence-corrected chi connectivity index (χ2v) is 6.74. The molecule has 2 atom stereocenters. The molecule has 28 heavy (non-hydrogen) atoms. The molecule has 0 aliphatic carbocycles. The summed E-state index contributed by atoms with van der Waals surface area (Å²) >= 11 is 6.08. The van der Waals surface area contributed by atoms with Gasteiger partial charge in [0.15, 0.2) is 11.5 Å². The number of benzene rings is 1. The minimum Gasteiger partial charge on any atom is -0.385 e. The van der Waals surface area contributed by atoms with Gasteiger partial charge in [0, 0.05) is 24.4 Å². The van der Waals surface area contributed by atoms with E-state index in [0.29, 0.717) is 22.8 Å². The van der Waals surface area contributed by atoms with Crippen LogP contribution in [0, 0.1) is 11.3 Å². The summed E-state index contributed by atoms with van der Waals surface area (Å²) in [7, 11) is 0.